The molecule has 3 N–H and O–H groups in total. The second-order valence-electron chi connectivity index (χ2n) is 7.32. The van der Waals surface area contributed by atoms with E-state index in [0.717, 1.165) is 24.5 Å². The van der Waals surface area contributed by atoms with Crippen LogP contribution in [-0.4, -0.2) is 30.7 Å². The van der Waals surface area contributed by atoms with Crippen LogP contribution in [-0.2, 0) is 15.4 Å². The van der Waals surface area contributed by atoms with Crippen LogP contribution in [0.5, 0.6) is 0 Å². The third-order valence-electron chi connectivity index (χ3n) is 4.56. The van der Waals surface area contributed by atoms with E-state index in [9.17, 15) is 23.1 Å². The summed E-state index contributed by atoms with van der Waals surface area (Å²) in [6.07, 6.45) is 4.80. The van der Waals surface area contributed by atoms with E-state index in [0.29, 0.717) is 0 Å². The molecule has 3 aromatic rings. The summed E-state index contributed by atoms with van der Waals surface area (Å²) >= 11 is 0. The highest BCUT2D eigenvalue weighted by Crippen LogP contribution is 2.29. The number of nitrogens with one attached hydrogen (secondary N) is 2. The Bertz CT molecular complexity index is 1670. The minimum absolute atomic E-state index is 0.00745. The summed E-state index contributed by atoms with van der Waals surface area (Å²) in [4.78, 5) is 26.9. The molecular formula is C25H26N2O5S. The maximum Gasteiger partial charge on any atom is 0.336 e. The van der Waals surface area contributed by atoms with Gasteiger partial charge in [-0.2, -0.15) is 0 Å². The summed E-state index contributed by atoms with van der Waals surface area (Å²) in [5, 5.41) is 9.69. The summed E-state index contributed by atoms with van der Waals surface area (Å²) in [6, 6.07) is 10.0. The molecule has 0 aliphatic carbocycles. The second kappa shape index (κ2) is 9.07. The van der Waals surface area contributed by atoms with Gasteiger partial charge in [0.2, 0.25) is 10.0 Å². The van der Waals surface area contributed by atoms with Gasteiger partial charge < -0.3 is 10.1 Å². The van der Waals surface area contributed by atoms with Gasteiger partial charge in [-0.3, -0.25) is 9.52 Å². The molecule has 0 saturated carbocycles. The Balaban J connectivity index is 2.35. The molecule has 0 spiro atoms. The fourth-order valence-corrected chi connectivity index (χ4v) is 3.67. The van der Waals surface area contributed by atoms with Crippen LogP contribution >= 0.6 is 0 Å². The van der Waals surface area contributed by atoms with Crippen LogP contribution in [0.25, 0.3) is 23.3 Å². The molecule has 0 bridgehead atoms. The number of anilines is 1. The molecule has 0 aliphatic heterocycles. The third kappa shape index (κ3) is 6.20. The standard InChI is InChI=1S/C25H26N2O5S/c1-25(2,3)19-13-16(12-18(14-19)21-6-5-11-26-23(21)28)7-8-17-9-10-20(27-33(4,31)32)15-22(17)24(29)30/h5-15,27H,1-4H3,(H,26,28)(H,29,30)/b8-7+/i1D3,2D3,3D3. The van der Waals surface area contributed by atoms with E-state index >= 15 is 0 Å². The SMILES string of the molecule is [2H]C([2H])([2H])C(c1cc(/C=C/c2ccc(NS(C)(=O)=O)cc2C(=O)O)cc(-c2ccc[nH]c2=O)c1)(C([2H])([2H])[2H])C([2H])([2H])[2H]. The van der Waals surface area contributed by atoms with Gasteiger partial charge in [0.05, 0.1) is 11.8 Å². The number of aromatic amines is 1. The van der Waals surface area contributed by atoms with Crippen LogP contribution in [0.2, 0.25) is 0 Å². The molecule has 33 heavy (non-hydrogen) atoms. The van der Waals surface area contributed by atoms with Crippen LogP contribution in [0.1, 0.15) is 59.9 Å². The predicted octanol–water partition coefficient (Wildman–Crippen LogP) is 4.58. The molecule has 0 saturated heterocycles. The van der Waals surface area contributed by atoms with Gasteiger partial charge in [0.25, 0.3) is 5.56 Å². The highest BCUT2D eigenvalue weighted by molar-refractivity contribution is 7.92. The van der Waals surface area contributed by atoms with Crippen LogP contribution in [0.15, 0.2) is 59.5 Å². The number of carboxylic acid groups (broad SMARTS) is 1. The van der Waals surface area contributed by atoms with E-state index in [4.69, 9.17) is 12.3 Å². The molecule has 1 aromatic heterocycles. The van der Waals surface area contributed by atoms with Crippen molar-refractivity contribution >= 4 is 33.8 Å². The summed E-state index contributed by atoms with van der Waals surface area (Å²) in [5.74, 6) is -1.40. The van der Waals surface area contributed by atoms with Gasteiger partial charge in [-0.05, 0) is 58.0 Å². The molecule has 7 nitrogen and oxygen atoms in total. The zero-order valence-corrected chi connectivity index (χ0v) is 18.2. The Labute approximate surface area is 205 Å². The molecule has 2 aromatic carbocycles. The highest BCUT2D eigenvalue weighted by Gasteiger charge is 2.17. The quantitative estimate of drug-likeness (QED) is 0.451. The number of benzene rings is 2. The first-order valence-electron chi connectivity index (χ1n) is 14.0. The van der Waals surface area contributed by atoms with E-state index in [2.05, 4.69) is 9.71 Å². The Kier molecular flexibility index (Phi) is 3.98. The van der Waals surface area contributed by atoms with E-state index in [-0.39, 0.29) is 33.5 Å². The first-order chi connectivity index (χ1) is 19.1. The number of sulfonamides is 1. The number of aromatic carboxylic acids is 1. The number of hydrogen-bond acceptors (Lipinski definition) is 4. The molecule has 0 unspecified atom stereocenters. The molecule has 0 radical (unpaired) electrons. The van der Waals surface area contributed by atoms with Crippen LogP contribution < -0.4 is 10.3 Å². The van der Waals surface area contributed by atoms with Crippen molar-refractivity contribution in [3.8, 4) is 11.1 Å². The molecule has 0 atom stereocenters. The maximum absolute atomic E-state index is 12.6. The summed E-state index contributed by atoms with van der Waals surface area (Å²) in [5.41, 5.74) is -4.76. The van der Waals surface area contributed by atoms with E-state index in [1.165, 1.54) is 48.7 Å². The van der Waals surface area contributed by atoms with E-state index in [1.54, 1.807) is 0 Å². The van der Waals surface area contributed by atoms with Gasteiger partial charge in [0.1, 0.15) is 0 Å². The highest BCUT2D eigenvalue weighted by atomic mass is 32.2. The van der Waals surface area contributed by atoms with Gasteiger partial charge in [-0.15, -0.1) is 0 Å². The second-order valence-corrected chi connectivity index (χ2v) is 9.07. The lowest BCUT2D eigenvalue weighted by Crippen LogP contribution is -2.13. The first kappa shape index (κ1) is 14.5. The smallest absolute Gasteiger partial charge is 0.336 e. The fourth-order valence-electron chi connectivity index (χ4n) is 3.12. The van der Waals surface area contributed by atoms with E-state index in [1.807, 2.05) is 0 Å². The molecular weight excluding hydrogens is 440 g/mol. The number of pyridine rings is 1. The van der Waals surface area contributed by atoms with Crippen molar-refractivity contribution in [2.75, 3.05) is 11.0 Å². The fraction of sp³-hybridized carbons (Fsp3) is 0.200. The minimum Gasteiger partial charge on any atom is -0.478 e. The van der Waals surface area contributed by atoms with Gasteiger partial charge >= 0.3 is 5.97 Å². The molecule has 3 rings (SSSR count). The number of aromatic nitrogens is 1. The number of hydrogen-bond donors (Lipinski definition) is 3. The number of carbonyl (C=O) groups is 1. The number of carboxylic acids is 1. The zero-order chi connectivity index (χ0) is 31.9. The Morgan fingerprint density at radius 1 is 1.12 bits per heavy atom. The van der Waals surface area contributed by atoms with Crippen LogP contribution in [0.3, 0.4) is 0 Å². The van der Waals surface area contributed by atoms with Gasteiger partial charge in [0.15, 0.2) is 0 Å². The van der Waals surface area contributed by atoms with Crippen molar-refractivity contribution in [2.24, 2.45) is 0 Å². The van der Waals surface area contributed by atoms with E-state index < -0.39 is 53.1 Å². The van der Waals surface area contributed by atoms with Crippen molar-refractivity contribution in [3.05, 3.63) is 87.3 Å². The van der Waals surface area contributed by atoms with Crippen molar-refractivity contribution < 1.29 is 30.7 Å². The summed E-state index contributed by atoms with van der Waals surface area (Å²) in [6.45, 7) is -10.7. The van der Waals surface area contributed by atoms with Crippen molar-refractivity contribution in [3.63, 3.8) is 0 Å². The van der Waals surface area contributed by atoms with Gasteiger partial charge in [-0.1, -0.05) is 50.9 Å². The number of H-pyrrole nitrogens is 1. The van der Waals surface area contributed by atoms with Crippen LogP contribution in [0, 0.1) is 0 Å². The largest absolute Gasteiger partial charge is 0.478 e. The summed E-state index contributed by atoms with van der Waals surface area (Å²) < 4.78 is 98.0. The Morgan fingerprint density at radius 3 is 2.52 bits per heavy atom. The average Bonchev–Trinajstić information content (AvgIpc) is 2.79. The Hall–Kier alpha value is -3.65. The average molecular weight is 476 g/mol. The normalized spacial score (nSPS) is 17.3. The lowest BCUT2D eigenvalue weighted by Gasteiger charge is -2.21. The lowest BCUT2D eigenvalue weighted by molar-refractivity contribution is 0.0696. The third-order valence-corrected chi connectivity index (χ3v) is 5.17. The minimum atomic E-state index is -3.70. The number of rotatable bonds is 6. The topological polar surface area (TPSA) is 116 Å². The van der Waals surface area contributed by atoms with Crippen molar-refractivity contribution in [1.29, 1.82) is 0 Å². The molecule has 1 heterocycles. The van der Waals surface area contributed by atoms with Crippen LogP contribution in [0.4, 0.5) is 5.69 Å². The molecule has 0 aliphatic rings. The van der Waals surface area contributed by atoms with Gasteiger partial charge in [-0.25, -0.2) is 13.2 Å². The monoisotopic (exact) mass is 475 g/mol. The molecule has 8 heteroatoms. The van der Waals surface area contributed by atoms with Crippen molar-refractivity contribution in [1.82, 2.24) is 4.98 Å². The predicted molar refractivity (Wildman–Crippen MR) is 132 cm³/mol. The lowest BCUT2D eigenvalue weighted by atomic mass is 9.84. The summed E-state index contributed by atoms with van der Waals surface area (Å²) in [7, 11) is -3.70. The first-order valence-corrected chi connectivity index (χ1v) is 11.3. The maximum atomic E-state index is 12.6. The molecule has 172 valence electrons. The molecule has 0 fully saturated rings. The van der Waals surface area contributed by atoms with Crippen molar-refractivity contribution in [2.45, 2.75) is 26.0 Å². The molecule has 0 amide bonds. The zero-order valence-electron chi connectivity index (χ0n) is 26.3. The Morgan fingerprint density at radius 2 is 1.88 bits per heavy atom. The van der Waals surface area contributed by atoms with Gasteiger partial charge in [0, 0.05) is 29.8 Å².